The molecule has 0 aliphatic rings. The smallest absolute Gasteiger partial charge is 0.331 e. The molecule has 1 aromatic carbocycles. The molecular weight excluding hydrogens is 298 g/mol. The van der Waals surface area contributed by atoms with Crippen LogP contribution < -0.4 is 10.1 Å². The maximum absolute atomic E-state index is 12.2. The molecule has 0 spiro atoms. The van der Waals surface area contributed by atoms with Gasteiger partial charge in [0.25, 0.3) is 5.91 Å². The molecule has 0 aliphatic carbocycles. The molecule has 0 aromatic heterocycles. The van der Waals surface area contributed by atoms with Gasteiger partial charge < -0.3 is 19.9 Å². The van der Waals surface area contributed by atoms with Gasteiger partial charge in [0.1, 0.15) is 5.75 Å². The topological polar surface area (TPSA) is 84.9 Å². The Hall–Kier alpha value is -2.08. The molecule has 1 aromatic rings. The Balaban J connectivity index is 2.64. The molecular formula is C17H25NO5. The molecule has 0 fully saturated rings. The van der Waals surface area contributed by atoms with Gasteiger partial charge in [0.05, 0.1) is 13.2 Å². The average molecular weight is 323 g/mol. The molecule has 0 saturated heterocycles. The first-order chi connectivity index (χ1) is 10.9. The van der Waals surface area contributed by atoms with Gasteiger partial charge in [-0.15, -0.1) is 0 Å². The molecule has 23 heavy (non-hydrogen) atoms. The fraction of sp³-hybridized carbons (Fsp3) is 0.529. The van der Waals surface area contributed by atoms with Crippen LogP contribution in [0, 0.1) is 0 Å². The Morgan fingerprint density at radius 3 is 2.39 bits per heavy atom. The van der Waals surface area contributed by atoms with Crippen LogP contribution in [0.1, 0.15) is 43.5 Å². The number of hydrogen-bond acceptors (Lipinski definition) is 4. The van der Waals surface area contributed by atoms with Gasteiger partial charge in [0.15, 0.2) is 5.54 Å². The van der Waals surface area contributed by atoms with Crippen molar-refractivity contribution < 1.29 is 24.2 Å². The summed E-state index contributed by atoms with van der Waals surface area (Å²) in [5, 5.41) is 11.7. The van der Waals surface area contributed by atoms with E-state index in [1.54, 1.807) is 24.3 Å². The van der Waals surface area contributed by atoms with Crippen molar-refractivity contribution in [2.24, 2.45) is 0 Å². The van der Waals surface area contributed by atoms with Crippen molar-refractivity contribution in [2.75, 3.05) is 20.3 Å². The quantitative estimate of drug-likeness (QED) is 0.646. The predicted octanol–water partition coefficient (Wildman–Crippen LogP) is 2.48. The standard InChI is InChI=1S/C17H25NO5/c1-4-5-6-11-23-14-9-7-13(8-10-14)15(19)18-17(2,12-22-3)16(20)21/h7-10H,4-6,11-12H2,1-3H3,(H,18,19)(H,20,21). The largest absolute Gasteiger partial charge is 0.494 e. The van der Waals surface area contributed by atoms with Gasteiger partial charge in [-0.2, -0.15) is 0 Å². The second-order valence-electron chi connectivity index (χ2n) is 5.60. The van der Waals surface area contributed by atoms with E-state index < -0.39 is 17.4 Å². The zero-order valence-electron chi connectivity index (χ0n) is 13.9. The summed E-state index contributed by atoms with van der Waals surface area (Å²) in [6, 6.07) is 6.63. The number of amides is 1. The molecule has 0 heterocycles. The summed E-state index contributed by atoms with van der Waals surface area (Å²) in [6.45, 7) is 4.06. The van der Waals surface area contributed by atoms with Gasteiger partial charge >= 0.3 is 5.97 Å². The van der Waals surface area contributed by atoms with Crippen LogP contribution in [0.2, 0.25) is 0 Å². The van der Waals surface area contributed by atoms with Crippen LogP contribution in [-0.2, 0) is 9.53 Å². The number of carboxylic acids is 1. The summed E-state index contributed by atoms with van der Waals surface area (Å²) in [6.07, 6.45) is 3.24. The first-order valence-electron chi connectivity index (χ1n) is 7.70. The summed E-state index contributed by atoms with van der Waals surface area (Å²) >= 11 is 0. The van der Waals surface area contributed by atoms with Crippen LogP contribution in [-0.4, -0.2) is 42.8 Å². The summed E-state index contributed by atoms with van der Waals surface area (Å²) < 4.78 is 10.4. The van der Waals surface area contributed by atoms with E-state index in [0.717, 1.165) is 19.3 Å². The molecule has 1 amide bonds. The minimum absolute atomic E-state index is 0.118. The van der Waals surface area contributed by atoms with Gasteiger partial charge in [0, 0.05) is 12.7 Å². The number of carboxylic acid groups (broad SMARTS) is 1. The molecule has 0 aliphatic heterocycles. The molecule has 128 valence electrons. The van der Waals surface area contributed by atoms with Gasteiger partial charge in [-0.05, 0) is 37.6 Å². The number of methoxy groups -OCH3 is 1. The number of rotatable bonds is 10. The molecule has 6 nitrogen and oxygen atoms in total. The van der Waals surface area contributed by atoms with Crippen LogP contribution in [0.15, 0.2) is 24.3 Å². The van der Waals surface area contributed by atoms with E-state index in [0.29, 0.717) is 17.9 Å². The van der Waals surface area contributed by atoms with E-state index in [1.807, 2.05) is 0 Å². The second-order valence-corrected chi connectivity index (χ2v) is 5.60. The van der Waals surface area contributed by atoms with Crippen molar-refractivity contribution in [3.05, 3.63) is 29.8 Å². The maximum atomic E-state index is 12.2. The van der Waals surface area contributed by atoms with E-state index in [4.69, 9.17) is 9.47 Å². The van der Waals surface area contributed by atoms with Crippen LogP contribution in [0.25, 0.3) is 0 Å². The Morgan fingerprint density at radius 2 is 1.87 bits per heavy atom. The zero-order chi connectivity index (χ0) is 17.3. The fourth-order valence-electron chi connectivity index (χ4n) is 2.01. The molecule has 1 unspecified atom stereocenters. The Bertz CT molecular complexity index is 514. The van der Waals surface area contributed by atoms with Crippen molar-refractivity contribution in [3.63, 3.8) is 0 Å². The highest BCUT2D eigenvalue weighted by molar-refractivity contribution is 5.97. The number of hydrogen-bond donors (Lipinski definition) is 2. The lowest BCUT2D eigenvalue weighted by Crippen LogP contribution is -2.55. The van der Waals surface area contributed by atoms with Crippen molar-refractivity contribution in [3.8, 4) is 5.75 Å². The lowest BCUT2D eigenvalue weighted by atomic mass is 10.0. The lowest BCUT2D eigenvalue weighted by molar-refractivity contribution is -0.145. The fourth-order valence-corrected chi connectivity index (χ4v) is 2.01. The monoisotopic (exact) mass is 323 g/mol. The number of unbranched alkanes of at least 4 members (excludes halogenated alkanes) is 2. The highest BCUT2D eigenvalue weighted by atomic mass is 16.5. The average Bonchev–Trinajstić information content (AvgIpc) is 2.52. The van der Waals surface area contributed by atoms with Crippen molar-refractivity contribution >= 4 is 11.9 Å². The minimum atomic E-state index is -1.47. The van der Waals surface area contributed by atoms with Crippen LogP contribution >= 0.6 is 0 Å². The van der Waals surface area contributed by atoms with E-state index >= 15 is 0 Å². The van der Waals surface area contributed by atoms with Crippen molar-refractivity contribution in [2.45, 2.75) is 38.6 Å². The molecule has 0 radical (unpaired) electrons. The zero-order valence-corrected chi connectivity index (χ0v) is 13.9. The molecule has 1 atom stereocenters. The van der Waals surface area contributed by atoms with Gasteiger partial charge in [0.2, 0.25) is 0 Å². The Kier molecular flexibility index (Phi) is 7.54. The Labute approximate surface area is 136 Å². The predicted molar refractivity (Wildman–Crippen MR) is 86.8 cm³/mol. The van der Waals surface area contributed by atoms with Crippen LogP contribution in [0.5, 0.6) is 5.75 Å². The molecule has 0 saturated carbocycles. The van der Waals surface area contributed by atoms with E-state index in [-0.39, 0.29) is 6.61 Å². The van der Waals surface area contributed by atoms with Crippen molar-refractivity contribution in [1.29, 1.82) is 0 Å². The molecule has 1 rings (SSSR count). The van der Waals surface area contributed by atoms with Gasteiger partial charge in [-0.25, -0.2) is 4.79 Å². The van der Waals surface area contributed by atoms with Crippen LogP contribution in [0.3, 0.4) is 0 Å². The molecule has 6 heteroatoms. The Morgan fingerprint density at radius 1 is 1.22 bits per heavy atom. The van der Waals surface area contributed by atoms with Crippen LogP contribution in [0.4, 0.5) is 0 Å². The maximum Gasteiger partial charge on any atom is 0.331 e. The number of ether oxygens (including phenoxy) is 2. The molecule has 0 bridgehead atoms. The summed E-state index contributed by atoms with van der Waals surface area (Å²) in [7, 11) is 1.39. The van der Waals surface area contributed by atoms with E-state index in [2.05, 4.69) is 12.2 Å². The normalized spacial score (nSPS) is 13.2. The van der Waals surface area contributed by atoms with Gasteiger partial charge in [-0.1, -0.05) is 19.8 Å². The minimum Gasteiger partial charge on any atom is -0.494 e. The number of carbonyl (C=O) groups is 2. The number of carbonyl (C=O) groups excluding carboxylic acids is 1. The number of aliphatic carboxylic acids is 1. The first-order valence-corrected chi connectivity index (χ1v) is 7.70. The second kappa shape index (κ2) is 9.15. The van der Waals surface area contributed by atoms with Gasteiger partial charge in [-0.3, -0.25) is 4.79 Å². The third-order valence-corrected chi connectivity index (χ3v) is 3.43. The molecule has 2 N–H and O–H groups in total. The highest BCUT2D eigenvalue weighted by Crippen LogP contribution is 2.14. The number of benzene rings is 1. The van der Waals surface area contributed by atoms with E-state index in [1.165, 1.54) is 14.0 Å². The lowest BCUT2D eigenvalue weighted by Gasteiger charge is -2.25. The SMILES string of the molecule is CCCCCOc1ccc(C(=O)NC(C)(COC)C(=O)O)cc1. The third kappa shape index (κ3) is 5.90. The van der Waals surface area contributed by atoms with E-state index in [9.17, 15) is 14.7 Å². The van der Waals surface area contributed by atoms with Crippen molar-refractivity contribution in [1.82, 2.24) is 5.32 Å². The highest BCUT2D eigenvalue weighted by Gasteiger charge is 2.35. The first kappa shape index (κ1) is 19.0. The summed E-state index contributed by atoms with van der Waals surface area (Å²) in [4.78, 5) is 23.5. The number of nitrogens with one attached hydrogen (secondary N) is 1. The summed E-state index contributed by atoms with van der Waals surface area (Å²) in [5.41, 5.74) is -1.10. The summed E-state index contributed by atoms with van der Waals surface area (Å²) in [5.74, 6) is -0.927. The third-order valence-electron chi connectivity index (χ3n) is 3.43.